The zero-order chi connectivity index (χ0) is 21.1. The summed E-state index contributed by atoms with van der Waals surface area (Å²) in [6.45, 7) is 0.116. The van der Waals surface area contributed by atoms with Gasteiger partial charge in [0.25, 0.3) is 0 Å². The molecule has 0 bridgehead atoms. The maximum Gasteiger partial charge on any atom is 0.407 e. The Balaban J connectivity index is 1.43. The van der Waals surface area contributed by atoms with Crippen LogP contribution in [0.3, 0.4) is 0 Å². The highest BCUT2D eigenvalue weighted by molar-refractivity contribution is 5.81. The van der Waals surface area contributed by atoms with Gasteiger partial charge in [-0.15, -0.1) is 0 Å². The fraction of sp³-hybridized carbons (Fsp3) is 0.167. The van der Waals surface area contributed by atoms with Gasteiger partial charge in [-0.05, 0) is 39.9 Å². The predicted molar refractivity (Wildman–Crippen MR) is 111 cm³/mol. The van der Waals surface area contributed by atoms with Crippen molar-refractivity contribution in [3.63, 3.8) is 0 Å². The summed E-state index contributed by atoms with van der Waals surface area (Å²) in [5.74, 6) is -1.16. The number of fused-ring (bicyclic) bond motifs is 3. The van der Waals surface area contributed by atoms with Gasteiger partial charge in [0.2, 0.25) is 0 Å². The molecule has 0 radical (unpaired) electrons. The molecule has 0 unspecified atom stereocenters. The fourth-order valence-corrected chi connectivity index (χ4v) is 3.85. The van der Waals surface area contributed by atoms with Gasteiger partial charge in [0.15, 0.2) is 0 Å². The molecule has 0 aliphatic heterocycles. The van der Waals surface area contributed by atoms with Crippen LogP contribution in [0.1, 0.15) is 22.6 Å². The third kappa shape index (κ3) is 3.98. The van der Waals surface area contributed by atoms with Gasteiger partial charge in [-0.1, -0.05) is 60.7 Å². The van der Waals surface area contributed by atoms with Crippen molar-refractivity contribution in [2.45, 2.75) is 18.4 Å². The van der Waals surface area contributed by atoms with Gasteiger partial charge in [-0.25, -0.2) is 9.59 Å². The van der Waals surface area contributed by atoms with Crippen molar-refractivity contribution in [3.05, 3.63) is 89.5 Å². The standard InChI is InChI=1S/C24H21NO5/c26-16-11-9-15(10-12-16)13-22(23(27)28)25-24(29)30-14-21-19-7-3-1-5-17(19)18-6-2-4-8-20(18)21/h1-12,21-22,26H,13-14H2,(H,25,29)(H,27,28)/t22-/m1/s1. The second-order valence-electron chi connectivity index (χ2n) is 7.23. The molecule has 1 aliphatic rings. The van der Waals surface area contributed by atoms with Crippen LogP contribution in [0.15, 0.2) is 72.8 Å². The van der Waals surface area contributed by atoms with E-state index in [-0.39, 0.29) is 24.7 Å². The van der Waals surface area contributed by atoms with Crippen LogP contribution in [0, 0.1) is 0 Å². The largest absolute Gasteiger partial charge is 0.508 e. The second kappa shape index (κ2) is 8.29. The summed E-state index contributed by atoms with van der Waals surface area (Å²) in [4.78, 5) is 23.9. The average Bonchev–Trinajstić information content (AvgIpc) is 3.07. The van der Waals surface area contributed by atoms with E-state index in [4.69, 9.17) is 4.74 Å². The minimum atomic E-state index is -1.16. The summed E-state index contributed by atoms with van der Waals surface area (Å²) in [6, 6.07) is 21.0. The summed E-state index contributed by atoms with van der Waals surface area (Å²) < 4.78 is 5.42. The van der Waals surface area contributed by atoms with Crippen molar-refractivity contribution in [2.75, 3.05) is 6.61 Å². The summed E-state index contributed by atoms with van der Waals surface area (Å²) >= 11 is 0. The number of alkyl carbamates (subject to hydrolysis) is 1. The highest BCUT2D eigenvalue weighted by Crippen LogP contribution is 2.44. The lowest BCUT2D eigenvalue weighted by molar-refractivity contribution is -0.139. The van der Waals surface area contributed by atoms with Crippen molar-refractivity contribution in [1.29, 1.82) is 0 Å². The molecule has 3 aromatic carbocycles. The first-order chi connectivity index (χ1) is 14.5. The van der Waals surface area contributed by atoms with Gasteiger partial charge in [-0.2, -0.15) is 0 Å². The highest BCUT2D eigenvalue weighted by atomic mass is 16.5. The molecule has 0 fully saturated rings. The van der Waals surface area contributed by atoms with Gasteiger partial charge >= 0.3 is 12.1 Å². The van der Waals surface area contributed by atoms with Crippen molar-refractivity contribution >= 4 is 12.1 Å². The average molecular weight is 403 g/mol. The minimum absolute atomic E-state index is 0.0831. The lowest BCUT2D eigenvalue weighted by Gasteiger charge is -2.17. The summed E-state index contributed by atoms with van der Waals surface area (Å²) in [5, 5.41) is 21.2. The number of ether oxygens (including phenoxy) is 1. The molecule has 3 aromatic rings. The van der Waals surface area contributed by atoms with Crippen LogP contribution in [0.5, 0.6) is 5.75 Å². The molecule has 152 valence electrons. The molecule has 0 saturated heterocycles. The Morgan fingerprint density at radius 3 is 2.03 bits per heavy atom. The molecule has 1 amide bonds. The molecule has 4 rings (SSSR count). The van der Waals surface area contributed by atoms with Gasteiger partial charge in [0.05, 0.1) is 0 Å². The van der Waals surface area contributed by atoms with Crippen LogP contribution in [0.25, 0.3) is 11.1 Å². The lowest BCUT2D eigenvalue weighted by Crippen LogP contribution is -2.42. The number of hydrogen-bond acceptors (Lipinski definition) is 4. The number of rotatable bonds is 6. The Kier molecular flexibility index (Phi) is 5.39. The summed E-state index contributed by atoms with van der Waals surface area (Å²) in [5.41, 5.74) is 5.10. The summed E-state index contributed by atoms with van der Waals surface area (Å²) in [6.07, 6.45) is -0.692. The van der Waals surface area contributed by atoms with Crippen LogP contribution in [-0.4, -0.2) is 34.9 Å². The summed E-state index contributed by atoms with van der Waals surface area (Å²) in [7, 11) is 0. The van der Waals surface area contributed by atoms with Crippen molar-refractivity contribution in [3.8, 4) is 16.9 Å². The van der Waals surface area contributed by atoms with Gasteiger partial charge in [0, 0.05) is 12.3 Å². The monoisotopic (exact) mass is 403 g/mol. The quantitative estimate of drug-likeness (QED) is 0.580. The Hall–Kier alpha value is -3.80. The number of phenolic OH excluding ortho intramolecular Hbond substituents is 1. The van der Waals surface area contributed by atoms with Crippen LogP contribution in [-0.2, 0) is 16.0 Å². The van der Waals surface area contributed by atoms with E-state index >= 15 is 0 Å². The molecule has 3 N–H and O–H groups in total. The molecule has 1 aliphatic carbocycles. The Labute approximate surface area is 173 Å². The normalized spacial score (nSPS) is 13.2. The molecule has 6 heteroatoms. The number of aromatic hydroxyl groups is 1. The van der Waals surface area contributed by atoms with E-state index in [1.165, 1.54) is 12.1 Å². The molecule has 0 aromatic heterocycles. The smallest absolute Gasteiger partial charge is 0.407 e. The van der Waals surface area contributed by atoms with E-state index in [0.29, 0.717) is 5.56 Å². The SMILES string of the molecule is O=C(N[C@H](Cc1ccc(O)cc1)C(=O)O)OCC1c2ccccc2-c2ccccc21. The van der Waals surface area contributed by atoms with Crippen molar-refractivity contribution in [2.24, 2.45) is 0 Å². The molecule has 0 saturated carbocycles. The zero-order valence-corrected chi connectivity index (χ0v) is 16.1. The number of phenols is 1. The predicted octanol–water partition coefficient (Wildman–Crippen LogP) is 3.93. The molecule has 6 nitrogen and oxygen atoms in total. The topological polar surface area (TPSA) is 95.9 Å². The molecule has 30 heavy (non-hydrogen) atoms. The molecular weight excluding hydrogens is 382 g/mol. The van der Waals surface area contributed by atoms with E-state index in [9.17, 15) is 19.8 Å². The number of aliphatic carboxylic acids is 1. The van der Waals surface area contributed by atoms with E-state index < -0.39 is 18.1 Å². The van der Waals surface area contributed by atoms with Gasteiger partial charge in [-0.3, -0.25) is 0 Å². The van der Waals surface area contributed by atoms with Gasteiger partial charge in [0.1, 0.15) is 18.4 Å². The van der Waals surface area contributed by atoms with Crippen molar-refractivity contribution < 1.29 is 24.5 Å². The lowest BCUT2D eigenvalue weighted by atomic mass is 9.98. The first-order valence-electron chi connectivity index (χ1n) is 9.65. The maximum atomic E-state index is 12.3. The Morgan fingerprint density at radius 2 is 1.47 bits per heavy atom. The van der Waals surface area contributed by atoms with Gasteiger partial charge < -0.3 is 20.3 Å². The third-order valence-electron chi connectivity index (χ3n) is 5.31. The fourth-order valence-electron chi connectivity index (χ4n) is 3.85. The van der Waals surface area contributed by atoms with Crippen molar-refractivity contribution in [1.82, 2.24) is 5.32 Å². The highest BCUT2D eigenvalue weighted by Gasteiger charge is 2.29. The molecule has 0 heterocycles. The molecular formula is C24H21NO5. The first-order valence-corrected chi connectivity index (χ1v) is 9.65. The molecule has 0 spiro atoms. The number of nitrogens with one attached hydrogen (secondary N) is 1. The zero-order valence-electron chi connectivity index (χ0n) is 16.1. The third-order valence-corrected chi connectivity index (χ3v) is 5.31. The van der Waals surface area contributed by atoms with E-state index in [1.807, 2.05) is 48.5 Å². The Morgan fingerprint density at radius 1 is 0.900 bits per heavy atom. The van der Waals surface area contributed by atoms with Crippen LogP contribution >= 0.6 is 0 Å². The minimum Gasteiger partial charge on any atom is -0.508 e. The maximum absolute atomic E-state index is 12.3. The number of carboxylic acids is 1. The number of carboxylic acid groups (broad SMARTS) is 1. The van der Waals surface area contributed by atoms with Crippen LogP contribution < -0.4 is 5.32 Å². The first kappa shape index (κ1) is 19.5. The van der Waals surface area contributed by atoms with E-state index in [1.54, 1.807) is 12.1 Å². The number of carbonyl (C=O) groups excluding carboxylic acids is 1. The second-order valence-corrected chi connectivity index (χ2v) is 7.23. The number of amides is 1. The number of benzene rings is 3. The Bertz CT molecular complexity index is 1030. The van der Waals surface area contributed by atoms with E-state index in [0.717, 1.165) is 22.3 Å². The van der Waals surface area contributed by atoms with E-state index in [2.05, 4.69) is 5.32 Å². The van der Waals surface area contributed by atoms with Crippen LogP contribution in [0.2, 0.25) is 0 Å². The number of carbonyl (C=O) groups is 2. The number of hydrogen-bond donors (Lipinski definition) is 3. The van der Waals surface area contributed by atoms with Crippen LogP contribution in [0.4, 0.5) is 4.79 Å². The molecule has 1 atom stereocenters.